The van der Waals surface area contributed by atoms with Gasteiger partial charge in [0.15, 0.2) is 0 Å². The lowest BCUT2D eigenvalue weighted by Crippen LogP contribution is -1.82. The Kier molecular flexibility index (Phi) is 4.68. The van der Waals surface area contributed by atoms with E-state index in [0.29, 0.717) is 6.54 Å². The lowest BCUT2D eigenvalue weighted by atomic mass is 10.1. The van der Waals surface area contributed by atoms with E-state index in [1.807, 2.05) is 6.21 Å². The van der Waals surface area contributed by atoms with E-state index in [1.54, 1.807) is 0 Å². The number of aliphatic imine (C=N–C) groups is 1. The molecule has 0 aliphatic heterocycles. The average Bonchev–Trinajstić information content (AvgIpc) is 2.43. The van der Waals surface area contributed by atoms with Crippen molar-refractivity contribution in [1.29, 1.82) is 0 Å². The molecule has 96 valence electrons. The molecule has 0 bridgehead atoms. The zero-order valence-corrected chi connectivity index (χ0v) is 11.5. The third-order valence-electron chi connectivity index (χ3n) is 2.92. The van der Waals surface area contributed by atoms with Crippen LogP contribution in [-0.4, -0.2) is 12.8 Å². The molecular formula is C18H19N. The van der Waals surface area contributed by atoms with Crippen LogP contribution in [0, 0.1) is 13.8 Å². The van der Waals surface area contributed by atoms with Crippen molar-refractivity contribution in [1.82, 2.24) is 0 Å². The molecule has 0 fully saturated rings. The molecule has 0 spiro atoms. The van der Waals surface area contributed by atoms with Crippen LogP contribution in [0.2, 0.25) is 0 Å². The van der Waals surface area contributed by atoms with Gasteiger partial charge in [-0.05, 0) is 25.0 Å². The van der Waals surface area contributed by atoms with Crippen molar-refractivity contribution in [2.45, 2.75) is 13.8 Å². The van der Waals surface area contributed by atoms with E-state index in [4.69, 9.17) is 0 Å². The molecule has 0 amide bonds. The van der Waals surface area contributed by atoms with Gasteiger partial charge in [0.05, 0.1) is 6.54 Å². The highest BCUT2D eigenvalue weighted by Gasteiger charge is 1.87. The van der Waals surface area contributed by atoms with E-state index in [1.165, 1.54) is 16.7 Å². The monoisotopic (exact) mass is 249 g/mol. The summed E-state index contributed by atoms with van der Waals surface area (Å²) in [4.78, 5) is 4.39. The van der Waals surface area contributed by atoms with E-state index in [0.717, 1.165) is 5.56 Å². The van der Waals surface area contributed by atoms with Crippen LogP contribution in [-0.2, 0) is 0 Å². The molecule has 0 aromatic heterocycles. The molecule has 2 aromatic rings. The number of hydrogen-bond donors (Lipinski definition) is 0. The van der Waals surface area contributed by atoms with E-state index in [9.17, 15) is 0 Å². The van der Waals surface area contributed by atoms with Crippen molar-refractivity contribution < 1.29 is 0 Å². The Bertz CT molecular complexity index is 506. The summed E-state index contributed by atoms with van der Waals surface area (Å²) >= 11 is 0. The van der Waals surface area contributed by atoms with Crippen molar-refractivity contribution in [2.75, 3.05) is 6.54 Å². The average molecular weight is 249 g/mol. The first-order valence-electron chi connectivity index (χ1n) is 6.54. The normalized spacial score (nSPS) is 11.5. The van der Waals surface area contributed by atoms with E-state index in [2.05, 4.69) is 79.5 Å². The van der Waals surface area contributed by atoms with E-state index < -0.39 is 0 Å². The first kappa shape index (κ1) is 13.3. The topological polar surface area (TPSA) is 12.4 Å². The van der Waals surface area contributed by atoms with Crippen LogP contribution in [0.5, 0.6) is 0 Å². The second-order valence-electron chi connectivity index (χ2n) is 4.72. The highest BCUT2D eigenvalue weighted by Crippen LogP contribution is 2.05. The summed E-state index contributed by atoms with van der Waals surface area (Å²) in [6.07, 6.45) is 6.10. The van der Waals surface area contributed by atoms with Crippen LogP contribution in [0.4, 0.5) is 0 Å². The van der Waals surface area contributed by atoms with Crippen molar-refractivity contribution in [3.63, 3.8) is 0 Å². The van der Waals surface area contributed by atoms with Gasteiger partial charge in [0.1, 0.15) is 0 Å². The number of aryl methyl sites for hydroxylation is 2. The predicted octanol–water partition coefficient (Wildman–Crippen LogP) is 4.44. The van der Waals surface area contributed by atoms with Crippen molar-refractivity contribution in [3.05, 3.63) is 76.9 Å². The lowest BCUT2D eigenvalue weighted by molar-refractivity contribution is 1.26. The van der Waals surface area contributed by atoms with Gasteiger partial charge in [-0.3, -0.25) is 4.99 Å². The minimum Gasteiger partial charge on any atom is -0.288 e. The summed E-state index contributed by atoms with van der Waals surface area (Å²) in [6.45, 7) is 4.90. The quantitative estimate of drug-likeness (QED) is 0.710. The summed E-state index contributed by atoms with van der Waals surface area (Å²) in [6, 6.07) is 16.9. The zero-order valence-electron chi connectivity index (χ0n) is 11.5. The highest BCUT2D eigenvalue weighted by atomic mass is 14.7. The third-order valence-corrected chi connectivity index (χ3v) is 2.92. The molecule has 0 saturated heterocycles. The largest absolute Gasteiger partial charge is 0.288 e. The molecule has 19 heavy (non-hydrogen) atoms. The van der Waals surface area contributed by atoms with Gasteiger partial charge in [0, 0.05) is 6.21 Å². The molecule has 1 heteroatoms. The SMILES string of the molecule is Cc1ccc(C=NC/C=C/c2ccc(C)cc2)cc1. The molecule has 2 aromatic carbocycles. The minimum absolute atomic E-state index is 0.710. The van der Waals surface area contributed by atoms with E-state index >= 15 is 0 Å². The van der Waals surface area contributed by atoms with Gasteiger partial charge < -0.3 is 0 Å². The minimum atomic E-state index is 0.710. The highest BCUT2D eigenvalue weighted by molar-refractivity contribution is 5.79. The summed E-state index contributed by atoms with van der Waals surface area (Å²) in [5.41, 5.74) is 4.93. The van der Waals surface area contributed by atoms with Gasteiger partial charge in [0.25, 0.3) is 0 Å². The van der Waals surface area contributed by atoms with Crippen LogP contribution in [0.15, 0.2) is 59.6 Å². The summed E-state index contributed by atoms with van der Waals surface area (Å²) in [7, 11) is 0. The fourth-order valence-electron chi connectivity index (χ4n) is 1.74. The molecule has 0 N–H and O–H groups in total. The third kappa shape index (κ3) is 4.55. The maximum Gasteiger partial charge on any atom is 0.0573 e. The molecule has 0 atom stereocenters. The van der Waals surface area contributed by atoms with Gasteiger partial charge in [-0.15, -0.1) is 0 Å². The number of hydrogen-bond acceptors (Lipinski definition) is 1. The Morgan fingerprint density at radius 3 is 1.89 bits per heavy atom. The van der Waals surface area contributed by atoms with Crippen LogP contribution < -0.4 is 0 Å². The number of rotatable bonds is 4. The molecule has 2 rings (SSSR count). The zero-order chi connectivity index (χ0) is 13.5. The fraction of sp³-hybridized carbons (Fsp3) is 0.167. The van der Waals surface area contributed by atoms with Crippen molar-refractivity contribution in [2.24, 2.45) is 4.99 Å². The van der Waals surface area contributed by atoms with Gasteiger partial charge in [-0.25, -0.2) is 0 Å². The number of benzene rings is 2. The predicted molar refractivity (Wildman–Crippen MR) is 83.9 cm³/mol. The van der Waals surface area contributed by atoms with Crippen LogP contribution in [0.3, 0.4) is 0 Å². The molecule has 0 saturated carbocycles. The van der Waals surface area contributed by atoms with Gasteiger partial charge >= 0.3 is 0 Å². The standard InChI is InChI=1S/C18H19N/c1-15-5-9-17(10-6-15)4-3-13-19-14-18-11-7-16(2)8-12-18/h3-12,14H,13H2,1-2H3/b4-3+,19-14?. The van der Waals surface area contributed by atoms with Crippen molar-refractivity contribution >= 4 is 12.3 Å². The van der Waals surface area contributed by atoms with Crippen LogP contribution >= 0.6 is 0 Å². The van der Waals surface area contributed by atoms with Gasteiger partial charge in [-0.2, -0.15) is 0 Å². The molecule has 0 aliphatic carbocycles. The summed E-state index contributed by atoms with van der Waals surface area (Å²) < 4.78 is 0. The second kappa shape index (κ2) is 6.69. The smallest absolute Gasteiger partial charge is 0.0573 e. The molecule has 0 heterocycles. The first-order chi connectivity index (χ1) is 9.24. The first-order valence-corrected chi connectivity index (χ1v) is 6.54. The molecule has 1 nitrogen and oxygen atoms in total. The fourth-order valence-corrected chi connectivity index (χ4v) is 1.74. The second-order valence-corrected chi connectivity index (χ2v) is 4.72. The summed E-state index contributed by atoms with van der Waals surface area (Å²) in [5, 5.41) is 0. The Morgan fingerprint density at radius 1 is 0.789 bits per heavy atom. The van der Waals surface area contributed by atoms with E-state index in [-0.39, 0.29) is 0 Å². The molecule has 0 unspecified atom stereocenters. The maximum atomic E-state index is 4.39. The lowest BCUT2D eigenvalue weighted by Gasteiger charge is -1.94. The molecular weight excluding hydrogens is 230 g/mol. The van der Waals surface area contributed by atoms with Gasteiger partial charge in [0.2, 0.25) is 0 Å². The van der Waals surface area contributed by atoms with Crippen LogP contribution in [0.25, 0.3) is 6.08 Å². The Morgan fingerprint density at radius 2 is 1.32 bits per heavy atom. The Hall–Kier alpha value is -2.15. The van der Waals surface area contributed by atoms with Crippen LogP contribution in [0.1, 0.15) is 22.3 Å². The van der Waals surface area contributed by atoms with Gasteiger partial charge in [-0.1, -0.05) is 71.8 Å². The summed E-state index contributed by atoms with van der Waals surface area (Å²) in [5.74, 6) is 0. The maximum absolute atomic E-state index is 4.39. The Balaban J connectivity index is 1.86. The van der Waals surface area contributed by atoms with Crippen molar-refractivity contribution in [3.8, 4) is 0 Å². The molecule has 0 aliphatic rings. The number of nitrogens with zero attached hydrogens (tertiary/aromatic N) is 1. The molecule has 0 radical (unpaired) electrons. The Labute approximate surface area is 115 Å².